The maximum atomic E-state index is 5.65. The molecule has 0 saturated carbocycles. The van der Waals surface area contributed by atoms with Gasteiger partial charge in [-0.15, -0.1) is 0 Å². The standard InChI is InChI=1S/C13H12N4/c14-7-9-2-1-3-10(6-9)12-11-4-5-15-13(11)17-8-16-12/h1-6,8H,7,14H2,(H,15,16,17). The molecule has 4 nitrogen and oxygen atoms in total. The number of hydrogen-bond acceptors (Lipinski definition) is 3. The minimum atomic E-state index is 0.537. The number of nitrogens with zero attached hydrogens (tertiary/aromatic N) is 2. The fourth-order valence-corrected chi connectivity index (χ4v) is 1.95. The number of aromatic amines is 1. The molecule has 0 spiro atoms. The summed E-state index contributed by atoms with van der Waals surface area (Å²) in [4.78, 5) is 11.6. The van der Waals surface area contributed by atoms with E-state index in [-0.39, 0.29) is 0 Å². The van der Waals surface area contributed by atoms with E-state index in [4.69, 9.17) is 5.73 Å². The first-order valence-corrected chi connectivity index (χ1v) is 5.46. The van der Waals surface area contributed by atoms with Crippen LogP contribution >= 0.6 is 0 Å². The van der Waals surface area contributed by atoms with Crippen LogP contribution < -0.4 is 5.73 Å². The van der Waals surface area contributed by atoms with Gasteiger partial charge in [-0.2, -0.15) is 0 Å². The minimum absolute atomic E-state index is 0.537. The second kappa shape index (κ2) is 3.99. The van der Waals surface area contributed by atoms with Crippen molar-refractivity contribution in [3.63, 3.8) is 0 Å². The van der Waals surface area contributed by atoms with E-state index in [0.29, 0.717) is 6.54 Å². The first-order chi connectivity index (χ1) is 8.38. The molecule has 84 valence electrons. The number of benzene rings is 1. The summed E-state index contributed by atoms with van der Waals surface area (Å²) in [6.45, 7) is 0.537. The monoisotopic (exact) mass is 224 g/mol. The largest absolute Gasteiger partial charge is 0.346 e. The number of hydrogen-bond donors (Lipinski definition) is 2. The van der Waals surface area contributed by atoms with Gasteiger partial charge in [0.15, 0.2) is 0 Å². The maximum absolute atomic E-state index is 5.65. The molecule has 3 aromatic rings. The summed E-state index contributed by atoms with van der Waals surface area (Å²) in [5.41, 5.74) is 9.61. The normalized spacial score (nSPS) is 10.9. The van der Waals surface area contributed by atoms with Crippen LogP contribution in [-0.4, -0.2) is 15.0 Å². The molecule has 17 heavy (non-hydrogen) atoms. The Balaban J connectivity index is 2.23. The highest BCUT2D eigenvalue weighted by atomic mass is 14.9. The minimum Gasteiger partial charge on any atom is -0.346 e. The van der Waals surface area contributed by atoms with Gasteiger partial charge in [0.1, 0.15) is 12.0 Å². The fourth-order valence-electron chi connectivity index (χ4n) is 1.95. The van der Waals surface area contributed by atoms with Crippen molar-refractivity contribution in [3.8, 4) is 11.3 Å². The molecule has 2 heterocycles. The van der Waals surface area contributed by atoms with Crippen molar-refractivity contribution >= 4 is 11.0 Å². The molecule has 0 saturated heterocycles. The Hall–Kier alpha value is -2.20. The van der Waals surface area contributed by atoms with E-state index in [2.05, 4.69) is 21.0 Å². The average Bonchev–Trinajstić information content (AvgIpc) is 2.87. The zero-order chi connectivity index (χ0) is 11.7. The molecule has 4 heteroatoms. The van der Waals surface area contributed by atoms with E-state index in [9.17, 15) is 0 Å². The van der Waals surface area contributed by atoms with Gasteiger partial charge in [-0.3, -0.25) is 0 Å². The van der Waals surface area contributed by atoms with E-state index >= 15 is 0 Å². The lowest BCUT2D eigenvalue weighted by molar-refractivity contribution is 1.07. The summed E-state index contributed by atoms with van der Waals surface area (Å²) in [7, 11) is 0. The van der Waals surface area contributed by atoms with Gasteiger partial charge in [-0.05, 0) is 17.7 Å². The van der Waals surface area contributed by atoms with Crippen LogP contribution in [0.2, 0.25) is 0 Å². The number of nitrogens with one attached hydrogen (secondary N) is 1. The molecule has 0 unspecified atom stereocenters. The molecule has 1 aromatic carbocycles. The molecule has 3 N–H and O–H groups in total. The molecule has 0 fully saturated rings. The summed E-state index contributed by atoms with van der Waals surface area (Å²) in [6.07, 6.45) is 3.44. The van der Waals surface area contributed by atoms with Crippen LogP contribution in [0.15, 0.2) is 42.9 Å². The molecule has 0 aliphatic rings. The lowest BCUT2D eigenvalue weighted by atomic mass is 10.1. The SMILES string of the molecule is NCc1cccc(-c2ncnc3[nH]ccc23)c1. The van der Waals surface area contributed by atoms with Gasteiger partial charge in [0.2, 0.25) is 0 Å². The van der Waals surface area contributed by atoms with Crippen molar-refractivity contribution in [3.05, 3.63) is 48.4 Å². The summed E-state index contributed by atoms with van der Waals surface area (Å²) in [5.74, 6) is 0. The molecule has 0 aliphatic heterocycles. The van der Waals surface area contributed by atoms with Crippen LogP contribution in [0.5, 0.6) is 0 Å². The third kappa shape index (κ3) is 1.68. The zero-order valence-electron chi connectivity index (χ0n) is 9.22. The maximum Gasteiger partial charge on any atom is 0.141 e. The van der Waals surface area contributed by atoms with Gasteiger partial charge in [0.05, 0.1) is 5.69 Å². The van der Waals surface area contributed by atoms with Crippen molar-refractivity contribution < 1.29 is 0 Å². The number of nitrogens with two attached hydrogens (primary N) is 1. The van der Waals surface area contributed by atoms with Gasteiger partial charge in [0.25, 0.3) is 0 Å². The molecule has 0 radical (unpaired) electrons. The van der Waals surface area contributed by atoms with Crippen molar-refractivity contribution in [2.45, 2.75) is 6.54 Å². The highest BCUT2D eigenvalue weighted by Crippen LogP contribution is 2.25. The Bertz CT molecular complexity index is 657. The van der Waals surface area contributed by atoms with E-state index in [0.717, 1.165) is 27.9 Å². The zero-order valence-corrected chi connectivity index (χ0v) is 9.22. The fraction of sp³-hybridized carbons (Fsp3) is 0.0769. The molecule has 0 atom stereocenters. The second-order valence-corrected chi connectivity index (χ2v) is 3.87. The van der Waals surface area contributed by atoms with Gasteiger partial charge >= 0.3 is 0 Å². The van der Waals surface area contributed by atoms with Gasteiger partial charge in [-0.1, -0.05) is 18.2 Å². The Kier molecular flexibility index (Phi) is 2.34. The topological polar surface area (TPSA) is 67.6 Å². The van der Waals surface area contributed by atoms with Gasteiger partial charge in [0, 0.05) is 23.7 Å². The van der Waals surface area contributed by atoms with Crippen LogP contribution in [0.3, 0.4) is 0 Å². The molecule has 0 aliphatic carbocycles. The van der Waals surface area contributed by atoms with Crippen molar-refractivity contribution in [1.29, 1.82) is 0 Å². The van der Waals surface area contributed by atoms with Crippen LogP contribution in [0.25, 0.3) is 22.3 Å². The van der Waals surface area contributed by atoms with Crippen LogP contribution in [-0.2, 0) is 6.54 Å². The summed E-state index contributed by atoms with van der Waals surface area (Å²) < 4.78 is 0. The van der Waals surface area contributed by atoms with E-state index < -0.39 is 0 Å². The number of fused-ring (bicyclic) bond motifs is 1. The Morgan fingerprint density at radius 3 is 3.00 bits per heavy atom. The lowest BCUT2D eigenvalue weighted by Crippen LogP contribution is -1.96. The molecule has 0 bridgehead atoms. The van der Waals surface area contributed by atoms with E-state index in [1.54, 1.807) is 6.33 Å². The Labute approximate surface area is 98.5 Å². The van der Waals surface area contributed by atoms with Crippen molar-refractivity contribution in [1.82, 2.24) is 15.0 Å². The second-order valence-electron chi connectivity index (χ2n) is 3.87. The summed E-state index contributed by atoms with van der Waals surface area (Å²) >= 11 is 0. The van der Waals surface area contributed by atoms with Crippen molar-refractivity contribution in [2.24, 2.45) is 5.73 Å². The first kappa shape index (κ1) is 9.99. The lowest BCUT2D eigenvalue weighted by Gasteiger charge is -2.04. The predicted octanol–water partition coefficient (Wildman–Crippen LogP) is 2.08. The van der Waals surface area contributed by atoms with Crippen LogP contribution in [0, 0.1) is 0 Å². The Morgan fingerprint density at radius 2 is 2.12 bits per heavy atom. The third-order valence-corrected chi connectivity index (χ3v) is 2.79. The van der Waals surface area contributed by atoms with Crippen LogP contribution in [0.1, 0.15) is 5.56 Å². The smallest absolute Gasteiger partial charge is 0.141 e. The summed E-state index contributed by atoms with van der Waals surface area (Å²) in [6, 6.07) is 10.1. The van der Waals surface area contributed by atoms with Gasteiger partial charge in [-0.25, -0.2) is 9.97 Å². The molecular formula is C13H12N4. The van der Waals surface area contributed by atoms with Gasteiger partial charge < -0.3 is 10.7 Å². The third-order valence-electron chi connectivity index (χ3n) is 2.79. The van der Waals surface area contributed by atoms with Crippen molar-refractivity contribution in [2.75, 3.05) is 0 Å². The molecule has 3 rings (SSSR count). The first-order valence-electron chi connectivity index (χ1n) is 5.46. The number of rotatable bonds is 2. The average molecular weight is 224 g/mol. The van der Waals surface area contributed by atoms with E-state index in [1.807, 2.05) is 30.5 Å². The highest BCUT2D eigenvalue weighted by Gasteiger charge is 2.06. The number of aromatic nitrogens is 3. The Morgan fingerprint density at radius 1 is 1.18 bits per heavy atom. The molecular weight excluding hydrogens is 212 g/mol. The highest BCUT2D eigenvalue weighted by molar-refractivity contribution is 5.90. The summed E-state index contributed by atoms with van der Waals surface area (Å²) in [5, 5.41) is 1.03. The van der Waals surface area contributed by atoms with Crippen LogP contribution in [0.4, 0.5) is 0 Å². The number of H-pyrrole nitrogens is 1. The molecule has 2 aromatic heterocycles. The quantitative estimate of drug-likeness (QED) is 0.700. The predicted molar refractivity (Wildman–Crippen MR) is 67.2 cm³/mol. The van der Waals surface area contributed by atoms with E-state index in [1.165, 1.54) is 0 Å². The molecule has 0 amide bonds.